The third kappa shape index (κ3) is 8.53. The van der Waals surface area contributed by atoms with Gasteiger partial charge in [0, 0.05) is 24.0 Å². The number of aromatic amines is 1. The van der Waals surface area contributed by atoms with Crippen LogP contribution in [0.2, 0.25) is 18.1 Å². The van der Waals surface area contributed by atoms with Crippen molar-refractivity contribution < 1.29 is 13.9 Å². The van der Waals surface area contributed by atoms with Gasteiger partial charge in [0.2, 0.25) is 5.56 Å². The van der Waals surface area contributed by atoms with Crippen LogP contribution in [-0.4, -0.2) is 32.5 Å². The van der Waals surface area contributed by atoms with Crippen LogP contribution in [-0.2, 0) is 17.5 Å². The molecule has 0 spiro atoms. The minimum atomic E-state index is -2.16. The van der Waals surface area contributed by atoms with E-state index in [-0.39, 0.29) is 22.7 Å². The van der Waals surface area contributed by atoms with Gasteiger partial charge in [-0.05, 0) is 141 Å². The lowest BCUT2D eigenvalue weighted by molar-refractivity contribution is -0.0622. The lowest BCUT2D eigenvalue weighted by Gasteiger charge is -2.57. The summed E-state index contributed by atoms with van der Waals surface area (Å²) in [5.41, 5.74) is 4.53. The van der Waals surface area contributed by atoms with Gasteiger partial charge in [0.05, 0.1) is 18.2 Å². The number of nitrogens with one attached hydrogen (secondary N) is 2. The van der Waals surface area contributed by atoms with Crippen LogP contribution in [0, 0.1) is 23.2 Å². The second kappa shape index (κ2) is 15.2. The van der Waals surface area contributed by atoms with Gasteiger partial charge in [-0.2, -0.15) is 0 Å². The highest BCUT2D eigenvalue weighted by Gasteiger charge is 2.50. The third-order valence-electron chi connectivity index (χ3n) is 12.9. The van der Waals surface area contributed by atoms with Crippen molar-refractivity contribution in [3.8, 4) is 11.5 Å². The van der Waals surface area contributed by atoms with Gasteiger partial charge in [-0.25, -0.2) is 0 Å². The summed E-state index contributed by atoms with van der Waals surface area (Å²) in [5, 5.41) is 4.80. The molecule has 4 aliphatic rings. The van der Waals surface area contributed by atoms with Crippen LogP contribution < -0.4 is 20.3 Å². The molecule has 2 atom stereocenters. The van der Waals surface area contributed by atoms with Crippen LogP contribution in [0.4, 0.5) is 0 Å². The number of benzene rings is 3. The molecule has 0 aliphatic heterocycles. The van der Waals surface area contributed by atoms with E-state index in [0.717, 1.165) is 53.0 Å². The number of H-pyrrole nitrogens is 1. The van der Waals surface area contributed by atoms with E-state index in [4.69, 9.17) is 13.9 Å². The largest absolute Gasteiger partial charge is 0.494 e. The Labute approximate surface area is 312 Å². The zero-order valence-corrected chi connectivity index (χ0v) is 33.3. The molecule has 278 valence electrons. The fourth-order valence-corrected chi connectivity index (χ4v) is 10.8. The minimum absolute atomic E-state index is 0.0405. The number of ether oxygens (including phenoxy) is 2. The van der Waals surface area contributed by atoms with Gasteiger partial charge in [-0.1, -0.05) is 69.3 Å². The van der Waals surface area contributed by atoms with E-state index in [1.807, 2.05) is 42.5 Å². The normalized spacial score (nSPS) is 23.8. The number of aromatic nitrogens is 1. The molecule has 0 radical (unpaired) electrons. The molecule has 4 bridgehead atoms. The van der Waals surface area contributed by atoms with Crippen molar-refractivity contribution in [1.82, 2.24) is 10.3 Å². The smallest absolute Gasteiger partial charge is 0.248 e. The summed E-state index contributed by atoms with van der Waals surface area (Å²) >= 11 is 0. The van der Waals surface area contributed by atoms with Gasteiger partial charge in [-0.15, -0.1) is 0 Å². The summed E-state index contributed by atoms with van der Waals surface area (Å²) in [7, 11) is -2.16. The molecule has 1 aromatic heterocycles. The quantitative estimate of drug-likeness (QED) is 0.120. The average Bonchev–Trinajstić information content (AvgIpc) is 3.09. The maximum atomic E-state index is 12.6. The van der Waals surface area contributed by atoms with E-state index >= 15 is 0 Å². The highest BCUT2D eigenvalue weighted by atomic mass is 28.4. The maximum absolute atomic E-state index is 12.6. The zero-order chi connectivity index (χ0) is 36.5. The molecule has 4 aromatic rings. The molecule has 7 heteroatoms. The molecule has 0 amide bonds. The first kappa shape index (κ1) is 36.9. The molecule has 4 aliphatic carbocycles. The Morgan fingerprint density at radius 2 is 1.52 bits per heavy atom. The molecule has 6 nitrogen and oxygen atoms in total. The third-order valence-corrected chi connectivity index (χ3v) is 17.4. The Kier molecular flexibility index (Phi) is 10.8. The van der Waals surface area contributed by atoms with E-state index < -0.39 is 8.32 Å². The van der Waals surface area contributed by atoms with Crippen LogP contribution in [0.15, 0.2) is 83.7 Å². The molecule has 3 aromatic carbocycles. The fraction of sp³-hybridized carbons (Fsp3) is 0.533. The Hall–Kier alpha value is -3.39. The second-order valence-electron chi connectivity index (χ2n) is 18.1. The summed E-state index contributed by atoms with van der Waals surface area (Å²) < 4.78 is 19.8. The van der Waals surface area contributed by atoms with E-state index in [2.05, 4.69) is 81.4 Å². The van der Waals surface area contributed by atoms with Gasteiger partial charge in [0.25, 0.3) is 0 Å². The lowest BCUT2D eigenvalue weighted by atomic mass is 9.49. The Morgan fingerprint density at radius 3 is 2.17 bits per heavy atom. The molecule has 4 saturated carbocycles. The summed E-state index contributed by atoms with van der Waals surface area (Å²) in [6.45, 7) is 15.6. The van der Waals surface area contributed by atoms with Crippen molar-refractivity contribution in [1.29, 1.82) is 0 Å². The number of rotatable bonds is 15. The van der Waals surface area contributed by atoms with E-state index in [9.17, 15) is 4.79 Å². The summed E-state index contributed by atoms with van der Waals surface area (Å²) in [4.78, 5) is 15.6. The van der Waals surface area contributed by atoms with Crippen LogP contribution in [0.5, 0.6) is 11.5 Å². The number of hydrogen-bond acceptors (Lipinski definition) is 5. The molecule has 4 fully saturated rings. The van der Waals surface area contributed by atoms with Crippen molar-refractivity contribution in [2.45, 2.75) is 116 Å². The van der Waals surface area contributed by atoms with Crippen LogP contribution in [0.3, 0.4) is 0 Å². The molecule has 0 unspecified atom stereocenters. The van der Waals surface area contributed by atoms with Crippen LogP contribution in [0.25, 0.3) is 10.9 Å². The van der Waals surface area contributed by atoms with Gasteiger partial charge in [0.1, 0.15) is 18.1 Å². The molecule has 0 saturated heterocycles. The second-order valence-corrected chi connectivity index (χ2v) is 22.8. The Morgan fingerprint density at radius 1 is 0.846 bits per heavy atom. The van der Waals surface area contributed by atoms with Crippen molar-refractivity contribution >= 4 is 19.2 Å². The molecular formula is C45H60N2O4Si. The first-order chi connectivity index (χ1) is 24.8. The predicted molar refractivity (Wildman–Crippen MR) is 215 cm³/mol. The molecule has 2 N–H and O–H groups in total. The van der Waals surface area contributed by atoms with Gasteiger partial charge >= 0.3 is 0 Å². The topological polar surface area (TPSA) is 72.6 Å². The zero-order valence-electron chi connectivity index (χ0n) is 32.3. The van der Waals surface area contributed by atoms with Crippen molar-refractivity contribution in [2.24, 2.45) is 23.2 Å². The molecule has 52 heavy (non-hydrogen) atoms. The van der Waals surface area contributed by atoms with Gasteiger partial charge in [0.15, 0.2) is 8.32 Å². The number of pyridine rings is 1. The number of fused-ring (bicyclic) bond motifs is 1. The summed E-state index contributed by atoms with van der Waals surface area (Å²) in [6.07, 6.45) is 10.7. The standard InChI is InChI=1S/C45H60N2O4Si/c1-31(22-32-12-14-37(15-13-32)49-21-20-45-26-34-23-35(27-45)25-36(24-34)28-45)46-29-41(51-52(5,6)44(2,3)4)38-16-18-40(43-39(38)17-19-42(48)47-43)50-30-33-10-8-7-9-11-33/h7-19,31,34-36,41,46H,20-30H2,1-6H3,(H,47,48)/t31-,34?,35?,36?,41+,45?/m1/s1. The first-order valence-corrected chi connectivity index (χ1v) is 22.7. The molecule has 1 heterocycles. The van der Waals surface area contributed by atoms with Gasteiger partial charge in [-0.3, -0.25) is 4.79 Å². The Bertz CT molecular complexity index is 1830. The fourth-order valence-electron chi connectivity index (χ4n) is 9.57. The maximum Gasteiger partial charge on any atom is 0.248 e. The lowest BCUT2D eigenvalue weighted by Crippen LogP contribution is -2.46. The summed E-state index contributed by atoms with van der Waals surface area (Å²) in [5.74, 6) is 4.62. The Balaban J connectivity index is 1.00. The van der Waals surface area contributed by atoms with Gasteiger partial charge < -0.3 is 24.2 Å². The van der Waals surface area contributed by atoms with Crippen molar-refractivity contribution in [2.75, 3.05) is 13.2 Å². The van der Waals surface area contributed by atoms with Crippen molar-refractivity contribution in [3.05, 3.63) is 106 Å². The predicted octanol–water partition coefficient (Wildman–Crippen LogP) is 10.4. The minimum Gasteiger partial charge on any atom is -0.494 e. The van der Waals surface area contributed by atoms with Crippen LogP contribution in [0.1, 0.15) is 95.4 Å². The van der Waals surface area contributed by atoms with Crippen LogP contribution >= 0.6 is 0 Å². The van der Waals surface area contributed by atoms with Crippen molar-refractivity contribution in [3.63, 3.8) is 0 Å². The first-order valence-electron chi connectivity index (χ1n) is 19.8. The summed E-state index contributed by atoms with van der Waals surface area (Å²) in [6, 6.07) is 26.7. The SMILES string of the molecule is C[C@H](Cc1ccc(OCCC23CC4CC(CC(C4)C2)C3)cc1)NC[C@H](O[Si](C)(C)C(C)(C)C)c1ccc(OCc2ccccc2)c2[nH]c(=O)ccc12. The molecular weight excluding hydrogens is 661 g/mol. The van der Waals surface area contributed by atoms with E-state index in [0.29, 0.717) is 29.8 Å². The monoisotopic (exact) mass is 720 g/mol. The highest BCUT2D eigenvalue weighted by molar-refractivity contribution is 6.74. The average molecular weight is 721 g/mol. The molecule has 8 rings (SSSR count). The number of hydrogen-bond donors (Lipinski definition) is 2. The van der Waals surface area contributed by atoms with E-state index in [1.54, 1.807) is 6.07 Å². The van der Waals surface area contributed by atoms with E-state index in [1.165, 1.54) is 50.5 Å². The highest BCUT2D eigenvalue weighted by Crippen LogP contribution is 2.61.